The van der Waals surface area contributed by atoms with Crippen LogP contribution in [0.3, 0.4) is 0 Å². The predicted octanol–water partition coefficient (Wildman–Crippen LogP) is 17.2. The van der Waals surface area contributed by atoms with Crippen LogP contribution in [0.2, 0.25) is 0 Å². The van der Waals surface area contributed by atoms with Crippen molar-refractivity contribution in [3.8, 4) is 0 Å². The molecular weight excluding hydrogens is 882 g/mol. The first-order chi connectivity index (χ1) is 33.8. The summed E-state index contributed by atoms with van der Waals surface area (Å²) < 4.78 is 10.1. The van der Waals surface area contributed by atoms with E-state index in [4.69, 9.17) is 4.42 Å². The van der Waals surface area contributed by atoms with Crippen LogP contribution < -0.4 is 30.4 Å². The molecule has 0 unspecified atom stereocenters. The highest BCUT2D eigenvalue weighted by molar-refractivity contribution is 7.34. The van der Waals surface area contributed by atoms with Crippen molar-refractivity contribution in [2.24, 2.45) is 0 Å². The third-order valence-electron chi connectivity index (χ3n) is 15.1. The average molecular weight is 944 g/mol. The van der Waals surface area contributed by atoms with Crippen LogP contribution in [0, 0.1) is 20.8 Å². The number of hydrogen-bond acceptors (Lipinski definition) is 5. The van der Waals surface area contributed by atoms with Crippen molar-refractivity contribution in [3.05, 3.63) is 191 Å². The lowest BCUT2D eigenvalue weighted by atomic mass is 9.36. The van der Waals surface area contributed by atoms with Crippen molar-refractivity contribution in [1.29, 1.82) is 0 Å². The van der Waals surface area contributed by atoms with Crippen LogP contribution in [0.4, 0.5) is 51.2 Å². The summed E-state index contributed by atoms with van der Waals surface area (Å²) >= 11 is 1.94. The van der Waals surface area contributed by atoms with Gasteiger partial charge >= 0.3 is 0 Å². The molecule has 0 radical (unpaired) electrons. The molecule has 0 atom stereocenters. The molecule has 0 saturated heterocycles. The summed E-state index contributed by atoms with van der Waals surface area (Å²) in [5.41, 5.74) is 22.2. The molecule has 0 fully saturated rings. The van der Waals surface area contributed by atoms with Gasteiger partial charge in [0.2, 0.25) is 0 Å². The standard InChI is InChI=1S/C65H62BN3OS/c1-39-17-26-45(27-18-39)67(46-28-19-40(2)20-29-46)51-38-54-59(61-57(51)49-15-13-14-16-55(49)70-61)66-58-52(68(54)47-30-21-42(22-31-47)63(4,5)6)35-41(3)36-53(58)69(48-32-23-43(24-33-48)64(7,8)9)60-50-37-44(65(10,11)12)25-34-56(50)71-62(60)66/h13-38H,1-12H3. The van der Waals surface area contributed by atoms with Gasteiger partial charge in [-0.2, -0.15) is 0 Å². The Bertz CT molecular complexity index is 3680. The van der Waals surface area contributed by atoms with Crippen LogP contribution in [-0.2, 0) is 16.2 Å². The van der Waals surface area contributed by atoms with Gasteiger partial charge in [-0.1, -0.05) is 146 Å². The SMILES string of the molecule is Cc1ccc(N(c2ccc(C)cc2)c2cc3c(c4oc5ccccc5c24)B2c4sc5ccc(C(C)(C)C)cc5c4N(c4ccc(C(C)(C)C)cc4)c4cc(C)cc(c42)N3c2ccc(C(C)(C)C)cc2)cc1. The largest absolute Gasteiger partial charge is 0.456 e. The molecule has 2 aliphatic rings. The number of para-hydroxylation sites is 1. The van der Waals surface area contributed by atoms with Gasteiger partial charge in [-0.15, -0.1) is 11.3 Å². The van der Waals surface area contributed by atoms with E-state index in [2.05, 4.69) is 256 Å². The second-order valence-electron chi connectivity index (χ2n) is 23.3. The molecular formula is C65H62BN3OS. The number of hydrogen-bond donors (Lipinski definition) is 0. The number of furan rings is 1. The normalized spacial score (nSPS) is 13.5. The molecule has 12 rings (SSSR count). The van der Waals surface area contributed by atoms with Gasteiger partial charge in [0, 0.05) is 60.1 Å². The van der Waals surface area contributed by atoms with E-state index in [1.807, 2.05) is 11.3 Å². The molecule has 0 aliphatic carbocycles. The third kappa shape index (κ3) is 7.31. The van der Waals surface area contributed by atoms with Gasteiger partial charge in [-0.05, 0) is 155 Å². The predicted molar refractivity (Wildman–Crippen MR) is 308 cm³/mol. The Labute approximate surface area is 424 Å². The lowest BCUT2D eigenvalue weighted by Crippen LogP contribution is -2.60. The molecule has 10 aromatic rings. The smallest absolute Gasteiger partial charge is 0.269 e. The van der Waals surface area contributed by atoms with Crippen LogP contribution >= 0.6 is 11.3 Å². The van der Waals surface area contributed by atoms with Crippen LogP contribution in [0.25, 0.3) is 32.0 Å². The van der Waals surface area contributed by atoms with Crippen molar-refractivity contribution >= 4 is 117 Å². The number of anilines is 9. The summed E-state index contributed by atoms with van der Waals surface area (Å²) in [6.07, 6.45) is 0. The van der Waals surface area contributed by atoms with Crippen LogP contribution in [0.15, 0.2) is 162 Å². The molecule has 2 aromatic heterocycles. The van der Waals surface area contributed by atoms with Gasteiger partial charge in [0.15, 0.2) is 0 Å². The first kappa shape index (κ1) is 45.1. The van der Waals surface area contributed by atoms with Gasteiger partial charge < -0.3 is 19.1 Å². The fourth-order valence-corrected chi connectivity index (χ4v) is 12.5. The molecule has 352 valence electrons. The second kappa shape index (κ2) is 16.0. The van der Waals surface area contributed by atoms with Crippen molar-refractivity contribution in [3.63, 3.8) is 0 Å². The summed E-state index contributed by atoms with van der Waals surface area (Å²) in [7, 11) is 0. The minimum atomic E-state index is -0.138. The maximum Gasteiger partial charge on any atom is 0.269 e. The summed E-state index contributed by atoms with van der Waals surface area (Å²) in [6, 6.07) is 59.9. The molecule has 2 aliphatic heterocycles. The third-order valence-corrected chi connectivity index (χ3v) is 16.3. The minimum absolute atomic E-state index is 0.00438. The molecule has 0 N–H and O–H groups in total. The Morgan fingerprint density at radius 2 is 0.986 bits per heavy atom. The number of nitrogens with zero attached hydrogens (tertiary/aromatic N) is 3. The first-order valence-electron chi connectivity index (χ1n) is 25.3. The fraction of sp³-hybridized carbons (Fsp3) is 0.231. The quantitative estimate of drug-likeness (QED) is 0.160. The summed E-state index contributed by atoms with van der Waals surface area (Å²) in [5.74, 6) is 0. The van der Waals surface area contributed by atoms with E-state index in [1.165, 1.54) is 76.2 Å². The molecule has 4 heterocycles. The molecule has 0 bridgehead atoms. The van der Waals surface area contributed by atoms with Crippen molar-refractivity contribution in [1.82, 2.24) is 0 Å². The number of fused-ring (bicyclic) bond motifs is 10. The topological polar surface area (TPSA) is 22.9 Å². The van der Waals surface area contributed by atoms with Crippen molar-refractivity contribution in [2.45, 2.75) is 99.3 Å². The Kier molecular flexibility index (Phi) is 10.2. The summed E-state index contributed by atoms with van der Waals surface area (Å²) in [6.45, 7) is 27.2. The van der Waals surface area contributed by atoms with Crippen LogP contribution in [0.5, 0.6) is 0 Å². The van der Waals surface area contributed by atoms with E-state index in [1.54, 1.807) is 0 Å². The molecule has 0 spiro atoms. The lowest BCUT2D eigenvalue weighted by molar-refractivity contribution is 0.590. The molecule has 0 saturated carbocycles. The van der Waals surface area contributed by atoms with Crippen LogP contribution in [0.1, 0.15) is 95.7 Å². The Morgan fingerprint density at radius 3 is 1.55 bits per heavy atom. The van der Waals surface area contributed by atoms with Gasteiger partial charge in [0.05, 0.1) is 16.8 Å². The van der Waals surface area contributed by atoms with Gasteiger partial charge in [-0.25, -0.2) is 0 Å². The lowest BCUT2D eigenvalue weighted by Gasteiger charge is -2.44. The zero-order chi connectivity index (χ0) is 49.5. The van der Waals surface area contributed by atoms with E-state index in [9.17, 15) is 0 Å². The van der Waals surface area contributed by atoms with Gasteiger partial charge in [0.1, 0.15) is 11.2 Å². The fourth-order valence-electron chi connectivity index (χ4n) is 11.2. The van der Waals surface area contributed by atoms with Crippen molar-refractivity contribution in [2.75, 3.05) is 14.7 Å². The van der Waals surface area contributed by atoms with E-state index < -0.39 is 0 Å². The Balaban J connectivity index is 1.24. The molecule has 8 aromatic carbocycles. The van der Waals surface area contributed by atoms with Gasteiger partial charge in [-0.3, -0.25) is 0 Å². The highest BCUT2D eigenvalue weighted by Gasteiger charge is 2.48. The molecule has 4 nitrogen and oxygen atoms in total. The van der Waals surface area contributed by atoms with Crippen molar-refractivity contribution < 1.29 is 4.42 Å². The monoisotopic (exact) mass is 943 g/mol. The summed E-state index contributed by atoms with van der Waals surface area (Å²) in [5, 5.41) is 3.50. The highest BCUT2D eigenvalue weighted by Crippen LogP contribution is 2.53. The number of aryl methyl sites for hydroxylation is 3. The second-order valence-corrected chi connectivity index (χ2v) is 24.4. The Hall–Kier alpha value is -7.02. The van der Waals surface area contributed by atoms with Gasteiger partial charge in [0.25, 0.3) is 6.71 Å². The highest BCUT2D eigenvalue weighted by atomic mass is 32.1. The van der Waals surface area contributed by atoms with Crippen LogP contribution in [-0.4, -0.2) is 6.71 Å². The number of thiophene rings is 1. The van der Waals surface area contributed by atoms with E-state index in [-0.39, 0.29) is 23.0 Å². The zero-order valence-electron chi connectivity index (χ0n) is 43.2. The Morgan fingerprint density at radius 1 is 0.479 bits per heavy atom. The maximum atomic E-state index is 7.48. The van der Waals surface area contributed by atoms with E-state index in [0.29, 0.717) is 0 Å². The molecule has 6 heteroatoms. The van der Waals surface area contributed by atoms with E-state index in [0.717, 1.165) is 56.1 Å². The molecule has 0 amide bonds. The number of benzene rings is 8. The molecule has 71 heavy (non-hydrogen) atoms. The summed E-state index contributed by atoms with van der Waals surface area (Å²) in [4.78, 5) is 7.60. The van der Waals surface area contributed by atoms with E-state index >= 15 is 0 Å². The number of rotatable bonds is 5. The maximum absolute atomic E-state index is 7.48. The average Bonchev–Trinajstić information content (AvgIpc) is 3.91. The first-order valence-corrected chi connectivity index (χ1v) is 26.1. The zero-order valence-corrected chi connectivity index (χ0v) is 44.1. The minimum Gasteiger partial charge on any atom is -0.456 e.